The Morgan fingerprint density at radius 3 is 2.16 bits per heavy atom. The molecule has 0 aliphatic carbocycles. The zero-order valence-corrected chi connectivity index (χ0v) is 13.6. The first-order valence-corrected chi connectivity index (χ1v) is 8.13. The molecule has 0 radical (unpaired) electrons. The van der Waals surface area contributed by atoms with Crippen LogP contribution in [0, 0.1) is 0 Å². The first-order chi connectivity index (χ1) is 8.84. The number of thiol groups is 2. The van der Waals surface area contributed by atoms with Crippen molar-refractivity contribution in [1.29, 1.82) is 0 Å². The molecule has 0 aliphatic heterocycles. The summed E-state index contributed by atoms with van der Waals surface area (Å²) in [5.41, 5.74) is 0. The van der Waals surface area contributed by atoms with Crippen molar-refractivity contribution >= 4 is 58.5 Å². The summed E-state index contributed by atoms with van der Waals surface area (Å²) in [5.74, 6) is -2.30. The molecule has 0 heterocycles. The Morgan fingerprint density at radius 2 is 1.84 bits per heavy atom. The van der Waals surface area contributed by atoms with E-state index in [9.17, 15) is 14.4 Å². The van der Waals surface area contributed by atoms with Crippen molar-refractivity contribution < 1.29 is 24.6 Å². The molecular formula is C9H16N2O5S2Se. The van der Waals surface area contributed by atoms with Gasteiger partial charge in [-0.3, -0.25) is 0 Å². The van der Waals surface area contributed by atoms with Crippen molar-refractivity contribution in [2.24, 2.45) is 0 Å². The van der Waals surface area contributed by atoms with E-state index in [2.05, 4.69) is 29.6 Å². The van der Waals surface area contributed by atoms with Crippen LogP contribution in [0.25, 0.3) is 0 Å². The summed E-state index contributed by atoms with van der Waals surface area (Å²) < 4.78 is 3.78. The molecule has 0 aromatic heterocycles. The van der Waals surface area contributed by atoms with Crippen molar-refractivity contribution in [1.82, 2.24) is 8.25 Å². The third-order valence-electron chi connectivity index (χ3n) is 2.06. The van der Waals surface area contributed by atoms with Crippen LogP contribution in [0.1, 0.15) is 13.3 Å². The van der Waals surface area contributed by atoms with Gasteiger partial charge in [0, 0.05) is 0 Å². The minimum atomic E-state index is -1.13. The number of hydrogen-bond donors (Lipinski definition) is 5. The second-order valence-electron chi connectivity index (χ2n) is 3.49. The molecule has 0 unspecified atom stereocenters. The van der Waals surface area contributed by atoms with E-state index in [-0.39, 0.29) is 12.2 Å². The Labute approximate surface area is 128 Å². The molecule has 0 saturated heterocycles. The Hall–Kier alpha value is -0.411. The molecule has 1 amide bonds. The summed E-state index contributed by atoms with van der Waals surface area (Å²) in [4.78, 5) is 33.4. The van der Waals surface area contributed by atoms with Crippen LogP contribution in [0.4, 0.5) is 0 Å². The van der Waals surface area contributed by atoms with Crippen LogP contribution in [0.3, 0.4) is 0 Å². The van der Waals surface area contributed by atoms with E-state index in [4.69, 9.17) is 10.2 Å². The van der Waals surface area contributed by atoms with E-state index >= 15 is 0 Å². The van der Waals surface area contributed by atoms with Gasteiger partial charge in [-0.05, 0) is 0 Å². The standard InChI is InChI=1S/C9H16N2O5S2Se/c1-5(12)11(7(2-3-17)9(15)16)19-10-6(4-18)8(13)14/h6-7,10,17-18H,2-4H2,1H3,(H,13,14)(H,15,16)/t6-,7-/m0/s1. The van der Waals surface area contributed by atoms with Gasteiger partial charge in [-0.15, -0.1) is 0 Å². The van der Waals surface area contributed by atoms with Gasteiger partial charge >= 0.3 is 128 Å². The van der Waals surface area contributed by atoms with Crippen LogP contribution in [0.2, 0.25) is 0 Å². The van der Waals surface area contributed by atoms with E-state index in [1.54, 1.807) is 0 Å². The van der Waals surface area contributed by atoms with Crippen molar-refractivity contribution in [2.75, 3.05) is 11.5 Å². The number of carboxylic acid groups (broad SMARTS) is 2. The van der Waals surface area contributed by atoms with Crippen LogP contribution in [-0.2, 0) is 14.4 Å². The van der Waals surface area contributed by atoms with E-state index in [1.807, 2.05) is 0 Å². The number of aliphatic carboxylic acids is 2. The molecule has 7 nitrogen and oxygen atoms in total. The molecule has 19 heavy (non-hydrogen) atoms. The minimum absolute atomic E-state index is 0.0487. The summed E-state index contributed by atoms with van der Waals surface area (Å²) in [6.45, 7) is 1.24. The van der Waals surface area contributed by atoms with Crippen molar-refractivity contribution in [2.45, 2.75) is 25.4 Å². The summed E-state index contributed by atoms with van der Waals surface area (Å²) in [5, 5.41) is 17.9. The average Bonchev–Trinajstić information content (AvgIpc) is 2.31. The maximum absolute atomic E-state index is 11.5. The van der Waals surface area contributed by atoms with Gasteiger partial charge in [0.25, 0.3) is 0 Å². The third kappa shape index (κ3) is 6.53. The monoisotopic (exact) mass is 376 g/mol. The first kappa shape index (κ1) is 18.6. The van der Waals surface area contributed by atoms with E-state index in [0.717, 1.165) is 3.92 Å². The number of amides is 1. The fraction of sp³-hybridized carbons (Fsp3) is 0.667. The fourth-order valence-electron chi connectivity index (χ4n) is 1.10. The summed E-state index contributed by atoms with van der Waals surface area (Å²) in [6.07, 6.45) is 0.195. The number of carbonyl (C=O) groups is 3. The van der Waals surface area contributed by atoms with Gasteiger partial charge in [0.1, 0.15) is 0 Å². The molecule has 0 spiro atoms. The molecule has 0 bridgehead atoms. The molecule has 2 atom stereocenters. The molecule has 0 saturated carbocycles. The predicted molar refractivity (Wildman–Crippen MR) is 76.6 cm³/mol. The van der Waals surface area contributed by atoms with E-state index < -0.39 is 45.3 Å². The number of nitrogens with one attached hydrogen (secondary N) is 1. The Kier molecular flexibility index (Phi) is 9.28. The quantitative estimate of drug-likeness (QED) is 0.265. The topological polar surface area (TPSA) is 107 Å². The average molecular weight is 375 g/mol. The first-order valence-electron chi connectivity index (χ1n) is 5.24. The molecule has 110 valence electrons. The van der Waals surface area contributed by atoms with Crippen LogP contribution in [-0.4, -0.2) is 71.0 Å². The summed E-state index contributed by atoms with van der Waals surface area (Å²) >= 11 is 7.05. The molecule has 0 aliphatic rings. The van der Waals surface area contributed by atoms with Gasteiger partial charge in [-0.2, -0.15) is 0 Å². The van der Waals surface area contributed by atoms with Crippen LogP contribution in [0.15, 0.2) is 0 Å². The van der Waals surface area contributed by atoms with Gasteiger partial charge in [0.05, 0.1) is 0 Å². The zero-order chi connectivity index (χ0) is 15.0. The molecule has 0 aromatic carbocycles. The van der Waals surface area contributed by atoms with Gasteiger partial charge in [0.15, 0.2) is 0 Å². The summed E-state index contributed by atoms with van der Waals surface area (Å²) in [6, 6.07) is -1.92. The van der Waals surface area contributed by atoms with Crippen molar-refractivity contribution in [3.8, 4) is 0 Å². The predicted octanol–water partition coefficient (Wildman–Crippen LogP) is -0.885. The molecule has 0 aromatic rings. The van der Waals surface area contributed by atoms with E-state index in [1.165, 1.54) is 6.92 Å². The van der Waals surface area contributed by atoms with E-state index in [0.29, 0.717) is 5.75 Å². The van der Waals surface area contributed by atoms with Crippen molar-refractivity contribution in [3.63, 3.8) is 0 Å². The number of rotatable bonds is 9. The summed E-state index contributed by atoms with van der Waals surface area (Å²) in [7, 11) is 0. The number of carboxylic acids is 2. The second-order valence-corrected chi connectivity index (χ2v) is 6.01. The normalized spacial score (nSPS) is 13.6. The molecule has 0 rings (SSSR count). The number of carbonyl (C=O) groups excluding carboxylic acids is 1. The molecule has 3 N–H and O–H groups in total. The Bertz CT molecular complexity index is 345. The molecule has 0 fully saturated rings. The Morgan fingerprint density at radius 1 is 1.26 bits per heavy atom. The number of nitrogens with zero attached hydrogens (tertiary/aromatic N) is 1. The van der Waals surface area contributed by atoms with Gasteiger partial charge < -0.3 is 0 Å². The zero-order valence-electron chi connectivity index (χ0n) is 10.1. The molecular weight excluding hydrogens is 359 g/mol. The van der Waals surface area contributed by atoms with Gasteiger partial charge in [-0.25, -0.2) is 0 Å². The maximum atomic E-state index is 11.5. The van der Waals surface area contributed by atoms with Crippen LogP contribution >= 0.6 is 25.3 Å². The SMILES string of the molecule is CC(=O)N([Se]N[C@@H](CS)C(=O)O)[C@@H](CCS)C(=O)O. The van der Waals surface area contributed by atoms with Crippen LogP contribution < -0.4 is 4.33 Å². The number of hydrogen-bond acceptors (Lipinski definition) is 6. The van der Waals surface area contributed by atoms with Crippen LogP contribution in [0.5, 0.6) is 0 Å². The van der Waals surface area contributed by atoms with Gasteiger partial charge in [0.2, 0.25) is 0 Å². The molecule has 10 heteroatoms. The second kappa shape index (κ2) is 9.49. The Balaban J connectivity index is 4.76. The third-order valence-corrected chi connectivity index (χ3v) is 4.98. The fourth-order valence-corrected chi connectivity index (χ4v) is 3.71. The van der Waals surface area contributed by atoms with Gasteiger partial charge in [-0.1, -0.05) is 0 Å². The van der Waals surface area contributed by atoms with Crippen molar-refractivity contribution in [3.05, 3.63) is 0 Å².